The summed E-state index contributed by atoms with van der Waals surface area (Å²) in [6.07, 6.45) is -0.449. The van der Waals surface area contributed by atoms with Crippen molar-refractivity contribution >= 4 is 27.4 Å². The lowest BCUT2D eigenvalue weighted by Gasteiger charge is -2.14. The number of nitrogens with one attached hydrogen (secondary N) is 1. The highest BCUT2D eigenvalue weighted by Crippen LogP contribution is 2.32. The summed E-state index contributed by atoms with van der Waals surface area (Å²) in [7, 11) is 3.11. The number of nitrogens with zero attached hydrogens (tertiary/aromatic N) is 2. The number of methoxy groups -OCH3 is 2. The zero-order valence-electron chi connectivity index (χ0n) is 15.7. The van der Waals surface area contributed by atoms with Crippen LogP contribution >= 0.6 is 11.3 Å². The molecule has 0 atom stereocenters. The number of benzene rings is 1. The van der Waals surface area contributed by atoms with Crippen molar-refractivity contribution in [1.82, 2.24) is 9.97 Å². The van der Waals surface area contributed by atoms with Crippen LogP contribution < -0.4 is 10.1 Å². The molecule has 2 N–H and O–H groups in total. The fourth-order valence-corrected chi connectivity index (χ4v) is 3.36. The minimum Gasteiger partial charge on any atom is -0.507 e. The van der Waals surface area contributed by atoms with Crippen molar-refractivity contribution in [1.29, 1.82) is 0 Å². The van der Waals surface area contributed by atoms with Gasteiger partial charge in [-0.3, -0.25) is 0 Å². The fourth-order valence-electron chi connectivity index (χ4n) is 2.51. The standard InChI is InChI=1S/C19H23N3O4S/c1-11(2)20-19-22-16(10-27-19)15-8-17(23)13-6-5-12(7-14(13)21-15)26-9-18(24-3)25-4/h5-8,10-11,18H,9H2,1-4H3,(H,20,22)(H,21,23). The molecule has 0 fully saturated rings. The molecule has 7 nitrogen and oxygen atoms in total. The molecule has 0 amide bonds. The van der Waals surface area contributed by atoms with E-state index < -0.39 is 6.29 Å². The monoisotopic (exact) mass is 389 g/mol. The number of thiazole rings is 1. The first kappa shape index (κ1) is 19.3. The maximum Gasteiger partial charge on any atom is 0.191 e. The largest absolute Gasteiger partial charge is 0.507 e. The number of hydrogen-bond donors (Lipinski definition) is 2. The van der Waals surface area contributed by atoms with E-state index in [0.717, 1.165) is 5.13 Å². The highest BCUT2D eigenvalue weighted by molar-refractivity contribution is 7.14. The number of hydrogen-bond acceptors (Lipinski definition) is 8. The Morgan fingerprint density at radius 2 is 1.89 bits per heavy atom. The molecule has 0 aliphatic rings. The first-order valence-corrected chi connectivity index (χ1v) is 9.42. The SMILES string of the molecule is COC(COc1ccc2c(O)cc(-c3csc(NC(C)C)n3)nc2c1)OC. The van der Waals surface area contributed by atoms with Crippen LogP contribution in [0.3, 0.4) is 0 Å². The Hall–Kier alpha value is -2.42. The minimum atomic E-state index is -0.449. The second-order valence-electron chi connectivity index (χ2n) is 6.25. The quantitative estimate of drug-likeness (QED) is 0.565. The van der Waals surface area contributed by atoms with Crippen molar-refractivity contribution in [3.8, 4) is 22.9 Å². The third-order valence-corrected chi connectivity index (χ3v) is 4.62. The first-order chi connectivity index (χ1) is 13.0. The van der Waals surface area contributed by atoms with E-state index in [1.807, 2.05) is 5.38 Å². The van der Waals surface area contributed by atoms with Gasteiger partial charge in [0.05, 0.1) is 11.2 Å². The zero-order chi connectivity index (χ0) is 19.4. The second-order valence-corrected chi connectivity index (χ2v) is 7.11. The van der Waals surface area contributed by atoms with Crippen LogP contribution in [0.2, 0.25) is 0 Å². The molecule has 0 unspecified atom stereocenters. The Balaban J connectivity index is 1.88. The molecule has 2 aromatic heterocycles. The van der Waals surface area contributed by atoms with Gasteiger partial charge in [-0.2, -0.15) is 0 Å². The Labute approximate surface area is 161 Å². The summed E-state index contributed by atoms with van der Waals surface area (Å²) in [4.78, 5) is 9.18. The minimum absolute atomic E-state index is 0.152. The maximum absolute atomic E-state index is 10.4. The summed E-state index contributed by atoms with van der Waals surface area (Å²) in [5.74, 6) is 0.769. The van der Waals surface area contributed by atoms with E-state index in [9.17, 15) is 5.11 Å². The van der Waals surface area contributed by atoms with Crippen molar-refractivity contribution in [2.24, 2.45) is 0 Å². The fraction of sp³-hybridized carbons (Fsp3) is 0.368. The van der Waals surface area contributed by atoms with Crippen LogP contribution in [-0.4, -0.2) is 48.2 Å². The highest BCUT2D eigenvalue weighted by Gasteiger charge is 2.12. The second kappa shape index (κ2) is 8.51. The molecule has 8 heteroatoms. The van der Waals surface area contributed by atoms with E-state index in [0.29, 0.717) is 34.1 Å². The Morgan fingerprint density at radius 1 is 1.11 bits per heavy atom. The molecule has 3 aromatic rings. The van der Waals surface area contributed by atoms with Gasteiger partial charge in [0.15, 0.2) is 11.4 Å². The third-order valence-electron chi connectivity index (χ3n) is 3.85. The van der Waals surface area contributed by atoms with Crippen LogP contribution in [0.1, 0.15) is 13.8 Å². The molecule has 0 bridgehead atoms. The van der Waals surface area contributed by atoms with Crippen LogP contribution in [0.4, 0.5) is 5.13 Å². The average molecular weight is 389 g/mol. The zero-order valence-corrected chi connectivity index (χ0v) is 16.5. The van der Waals surface area contributed by atoms with Gasteiger partial charge in [0, 0.05) is 43.2 Å². The topological polar surface area (TPSA) is 85.7 Å². The Kier molecular flexibility index (Phi) is 6.10. The number of aromatic hydroxyl groups is 1. The smallest absolute Gasteiger partial charge is 0.191 e. The van der Waals surface area contributed by atoms with Crippen molar-refractivity contribution < 1.29 is 19.3 Å². The van der Waals surface area contributed by atoms with E-state index in [1.54, 1.807) is 38.5 Å². The van der Waals surface area contributed by atoms with Gasteiger partial charge in [-0.1, -0.05) is 0 Å². The summed E-state index contributed by atoms with van der Waals surface area (Å²) in [5, 5.41) is 17.0. The summed E-state index contributed by atoms with van der Waals surface area (Å²) in [6.45, 7) is 4.36. The highest BCUT2D eigenvalue weighted by atomic mass is 32.1. The first-order valence-electron chi connectivity index (χ1n) is 8.54. The number of pyridine rings is 1. The van der Waals surface area contributed by atoms with E-state index in [2.05, 4.69) is 29.1 Å². The van der Waals surface area contributed by atoms with Gasteiger partial charge < -0.3 is 24.6 Å². The lowest BCUT2D eigenvalue weighted by Crippen LogP contribution is -2.21. The Morgan fingerprint density at radius 3 is 2.59 bits per heavy atom. The number of anilines is 1. The normalized spacial score (nSPS) is 11.5. The van der Waals surface area contributed by atoms with Crippen LogP contribution in [0.25, 0.3) is 22.3 Å². The van der Waals surface area contributed by atoms with Crippen LogP contribution in [-0.2, 0) is 9.47 Å². The van der Waals surface area contributed by atoms with Crippen molar-refractivity contribution in [3.05, 3.63) is 29.6 Å². The molecule has 1 aromatic carbocycles. The van der Waals surface area contributed by atoms with Gasteiger partial charge in [0.1, 0.15) is 23.8 Å². The number of fused-ring (bicyclic) bond motifs is 1. The van der Waals surface area contributed by atoms with Crippen LogP contribution in [0, 0.1) is 0 Å². The summed E-state index contributed by atoms with van der Waals surface area (Å²) in [6, 6.07) is 7.26. The van der Waals surface area contributed by atoms with Crippen molar-refractivity contribution in [2.45, 2.75) is 26.2 Å². The predicted molar refractivity (Wildman–Crippen MR) is 107 cm³/mol. The van der Waals surface area contributed by atoms with E-state index in [4.69, 9.17) is 14.2 Å². The van der Waals surface area contributed by atoms with E-state index in [1.165, 1.54) is 11.3 Å². The maximum atomic E-state index is 10.4. The van der Waals surface area contributed by atoms with Gasteiger partial charge in [0.25, 0.3) is 0 Å². The van der Waals surface area contributed by atoms with Crippen LogP contribution in [0.15, 0.2) is 29.6 Å². The van der Waals surface area contributed by atoms with Gasteiger partial charge in [-0.15, -0.1) is 11.3 Å². The predicted octanol–water partition coefficient (Wildman–Crippen LogP) is 3.88. The van der Waals surface area contributed by atoms with E-state index >= 15 is 0 Å². The van der Waals surface area contributed by atoms with Gasteiger partial charge in [0.2, 0.25) is 0 Å². The molecule has 27 heavy (non-hydrogen) atoms. The molecular formula is C19H23N3O4S. The van der Waals surface area contributed by atoms with E-state index in [-0.39, 0.29) is 12.4 Å². The average Bonchev–Trinajstić information content (AvgIpc) is 3.10. The van der Waals surface area contributed by atoms with Gasteiger partial charge >= 0.3 is 0 Å². The Bertz CT molecular complexity index is 909. The summed E-state index contributed by atoms with van der Waals surface area (Å²) >= 11 is 1.51. The molecule has 0 spiro atoms. The molecule has 0 saturated carbocycles. The molecule has 3 rings (SSSR count). The summed E-state index contributed by atoms with van der Waals surface area (Å²) in [5.41, 5.74) is 1.95. The molecule has 0 aliphatic carbocycles. The van der Waals surface area contributed by atoms with Gasteiger partial charge in [-0.05, 0) is 26.0 Å². The molecule has 0 saturated heterocycles. The van der Waals surface area contributed by atoms with Crippen molar-refractivity contribution in [2.75, 3.05) is 26.1 Å². The van der Waals surface area contributed by atoms with Gasteiger partial charge in [-0.25, -0.2) is 9.97 Å². The molecule has 2 heterocycles. The third kappa shape index (κ3) is 4.65. The summed E-state index contributed by atoms with van der Waals surface area (Å²) < 4.78 is 15.9. The number of aromatic nitrogens is 2. The molecular weight excluding hydrogens is 366 g/mol. The van der Waals surface area contributed by atoms with Crippen LogP contribution in [0.5, 0.6) is 11.5 Å². The molecule has 0 aliphatic heterocycles. The molecule has 144 valence electrons. The number of ether oxygens (including phenoxy) is 3. The lowest BCUT2D eigenvalue weighted by atomic mass is 10.1. The molecule has 0 radical (unpaired) electrons. The van der Waals surface area contributed by atoms with Crippen molar-refractivity contribution in [3.63, 3.8) is 0 Å². The lowest BCUT2D eigenvalue weighted by molar-refractivity contribution is -0.121. The number of rotatable bonds is 8.